The van der Waals surface area contributed by atoms with E-state index in [0.29, 0.717) is 5.92 Å². The Balaban J connectivity index is 1.02. The van der Waals surface area contributed by atoms with Crippen LogP contribution >= 0.6 is 0 Å². The summed E-state index contributed by atoms with van der Waals surface area (Å²) >= 11 is 0. The van der Waals surface area contributed by atoms with Crippen LogP contribution in [0.25, 0.3) is 21.5 Å². The first kappa shape index (κ1) is 34.4. The van der Waals surface area contributed by atoms with Crippen LogP contribution in [0.15, 0.2) is 212 Å². The molecule has 0 amide bonds. The summed E-state index contributed by atoms with van der Waals surface area (Å²) in [6.07, 6.45) is 17.4. The minimum absolute atomic E-state index is 0.141. The number of nitrogens with zero attached hydrogens (tertiary/aromatic N) is 2. The molecule has 2 aliphatic rings. The number of hydrogen-bond donors (Lipinski definition) is 0. The van der Waals surface area contributed by atoms with Gasteiger partial charge in [-0.15, -0.1) is 0 Å². The predicted octanol–water partition coefficient (Wildman–Crippen LogP) is 14.1. The van der Waals surface area contributed by atoms with Gasteiger partial charge < -0.3 is 9.80 Å². The second kappa shape index (κ2) is 14.8. The van der Waals surface area contributed by atoms with Crippen molar-refractivity contribution in [2.75, 3.05) is 9.80 Å². The van der Waals surface area contributed by atoms with E-state index in [1.807, 2.05) is 0 Å². The van der Waals surface area contributed by atoms with Gasteiger partial charge in [-0.05, 0) is 103 Å². The predicted molar refractivity (Wildman–Crippen MR) is 234 cm³/mol. The Kier molecular flexibility index (Phi) is 9.26. The minimum Gasteiger partial charge on any atom is -0.311 e. The van der Waals surface area contributed by atoms with E-state index in [1.54, 1.807) is 0 Å². The zero-order valence-corrected chi connectivity index (χ0v) is 31.6. The van der Waals surface area contributed by atoms with Crippen LogP contribution in [-0.4, -0.2) is 0 Å². The van der Waals surface area contributed by atoms with Crippen molar-refractivity contribution in [1.29, 1.82) is 0 Å². The second-order valence-electron chi connectivity index (χ2n) is 15.3. The molecule has 268 valence electrons. The maximum absolute atomic E-state index is 2.47. The summed E-state index contributed by atoms with van der Waals surface area (Å²) in [4.78, 5) is 4.86. The molecule has 0 bridgehead atoms. The van der Waals surface area contributed by atoms with Crippen LogP contribution in [0.3, 0.4) is 0 Å². The maximum atomic E-state index is 2.47. The highest BCUT2D eigenvalue weighted by molar-refractivity contribution is 5.99. The molecule has 0 N–H and O–H groups in total. The third-order valence-corrected chi connectivity index (χ3v) is 11.5. The molecular weight excluding hydrogens is 665 g/mol. The minimum atomic E-state index is -0.141. The Hall–Kier alpha value is -6.38. The van der Waals surface area contributed by atoms with Gasteiger partial charge >= 0.3 is 0 Å². The van der Waals surface area contributed by atoms with Crippen molar-refractivity contribution in [3.8, 4) is 0 Å². The Morgan fingerprint density at radius 2 is 1.11 bits per heavy atom. The van der Waals surface area contributed by atoms with Gasteiger partial charge in [0.05, 0.1) is 11.4 Å². The smallest absolute Gasteiger partial charge is 0.0540 e. The second-order valence-corrected chi connectivity index (χ2v) is 15.3. The van der Waals surface area contributed by atoms with Crippen LogP contribution in [0.4, 0.5) is 22.7 Å². The Morgan fingerprint density at radius 3 is 1.71 bits per heavy atom. The van der Waals surface area contributed by atoms with Crippen LogP contribution in [-0.2, 0) is 11.8 Å². The van der Waals surface area contributed by atoms with Crippen molar-refractivity contribution in [2.45, 2.75) is 38.5 Å². The van der Waals surface area contributed by atoms with E-state index in [-0.39, 0.29) is 5.41 Å². The quantitative estimate of drug-likeness (QED) is 0.147. The standard InChI is InChI=1S/C53H46N2/c1-39-22-28-45(29-23-39)54(51-20-10-16-42-14-6-8-18-49(42)51)47-32-26-44(27-33-47)53(2)36-34-48(35-37-53)55(52-21-11-17-43-15-7-9-19-50(43)52)46-30-24-41(25-31-46)38-40-12-4-3-5-13-40/h3-24,26-36,41H,25,37-38H2,1-2H3. The van der Waals surface area contributed by atoms with Gasteiger partial charge in [0.2, 0.25) is 0 Å². The van der Waals surface area contributed by atoms with E-state index >= 15 is 0 Å². The topological polar surface area (TPSA) is 6.48 Å². The molecule has 2 unspecified atom stereocenters. The third kappa shape index (κ3) is 6.93. The molecule has 55 heavy (non-hydrogen) atoms. The van der Waals surface area contributed by atoms with Gasteiger partial charge in [-0.2, -0.15) is 0 Å². The molecule has 0 fully saturated rings. The van der Waals surface area contributed by atoms with Crippen LogP contribution < -0.4 is 9.80 Å². The third-order valence-electron chi connectivity index (χ3n) is 11.5. The number of allylic oxidation sites excluding steroid dienone is 6. The van der Waals surface area contributed by atoms with Gasteiger partial charge in [-0.3, -0.25) is 0 Å². The number of aryl methyl sites for hydroxylation is 1. The van der Waals surface area contributed by atoms with E-state index in [9.17, 15) is 0 Å². The first-order valence-electron chi connectivity index (χ1n) is 19.6. The van der Waals surface area contributed by atoms with Gasteiger partial charge in [-0.25, -0.2) is 0 Å². The largest absolute Gasteiger partial charge is 0.311 e. The number of hydrogen-bond acceptors (Lipinski definition) is 2. The normalized spacial score (nSPS) is 17.9. The maximum Gasteiger partial charge on any atom is 0.0540 e. The van der Waals surface area contributed by atoms with Crippen molar-refractivity contribution < 1.29 is 0 Å². The molecule has 0 aliphatic heterocycles. The van der Waals surface area contributed by atoms with Gasteiger partial charge in [0.1, 0.15) is 0 Å². The van der Waals surface area contributed by atoms with Crippen LogP contribution in [0.1, 0.15) is 36.5 Å². The summed E-state index contributed by atoms with van der Waals surface area (Å²) in [6.45, 7) is 4.51. The fourth-order valence-electron chi connectivity index (χ4n) is 8.34. The molecule has 7 aromatic rings. The lowest BCUT2D eigenvalue weighted by Gasteiger charge is -2.35. The molecule has 2 atom stereocenters. The fraction of sp³-hybridized carbons (Fsp3) is 0.132. The molecule has 0 spiro atoms. The number of benzene rings is 7. The van der Waals surface area contributed by atoms with Crippen molar-refractivity contribution in [3.63, 3.8) is 0 Å². The molecule has 0 heterocycles. The van der Waals surface area contributed by atoms with E-state index in [2.05, 4.69) is 224 Å². The summed E-state index contributed by atoms with van der Waals surface area (Å²) in [6, 6.07) is 59.6. The molecule has 0 saturated carbocycles. The van der Waals surface area contributed by atoms with Crippen LogP contribution in [0, 0.1) is 12.8 Å². The Morgan fingerprint density at radius 1 is 0.545 bits per heavy atom. The number of anilines is 4. The molecule has 0 aromatic heterocycles. The lowest BCUT2D eigenvalue weighted by molar-refractivity contribution is 0.595. The molecule has 9 rings (SSSR count). The fourth-order valence-corrected chi connectivity index (χ4v) is 8.34. The lowest BCUT2D eigenvalue weighted by atomic mass is 9.76. The monoisotopic (exact) mass is 710 g/mol. The van der Waals surface area contributed by atoms with Crippen molar-refractivity contribution in [2.24, 2.45) is 5.92 Å². The molecule has 7 aromatic carbocycles. The lowest BCUT2D eigenvalue weighted by Crippen LogP contribution is -2.27. The van der Waals surface area contributed by atoms with E-state index in [1.165, 1.54) is 61.0 Å². The van der Waals surface area contributed by atoms with Gasteiger partial charge in [-0.1, -0.05) is 164 Å². The number of rotatable bonds is 9. The van der Waals surface area contributed by atoms with Gasteiger partial charge in [0.25, 0.3) is 0 Å². The summed E-state index contributed by atoms with van der Waals surface area (Å²) < 4.78 is 0. The summed E-state index contributed by atoms with van der Waals surface area (Å²) in [5.74, 6) is 0.491. The molecule has 0 radical (unpaired) electrons. The number of fused-ring (bicyclic) bond motifs is 2. The van der Waals surface area contributed by atoms with Gasteiger partial charge in [0.15, 0.2) is 0 Å². The highest BCUT2D eigenvalue weighted by Gasteiger charge is 2.29. The zero-order valence-electron chi connectivity index (χ0n) is 31.6. The molecule has 2 aliphatic carbocycles. The van der Waals surface area contributed by atoms with Gasteiger partial charge in [0, 0.05) is 39.0 Å². The SMILES string of the molecule is Cc1ccc(N(c2ccc(C3(C)C=CC(N(C4=CCC(Cc5ccccc5)C=C4)c4cccc5ccccc45)=CC3)cc2)c2cccc3ccccc23)cc1. The molecule has 0 saturated heterocycles. The summed E-state index contributed by atoms with van der Waals surface area (Å²) in [5.41, 5.74) is 10.9. The first-order valence-corrected chi connectivity index (χ1v) is 19.6. The highest BCUT2D eigenvalue weighted by Crippen LogP contribution is 2.43. The van der Waals surface area contributed by atoms with Crippen LogP contribution in [0.5, 0.6) is 0 Å². The van der Waals surface area contributed by atoms with Crippen molar-refractivity contribution >= 4 is 44.3 Å². The Labute approximate surface area is 325 Å². The highest BCUT2D eigenvalue weighted by atomic mass is 15.2. The Bertz CT molecular complexity index is 2580. The average Bonchev–Trinajstić information content (AvgIpc) is 3.24. The van der Waals surface area contributed by atoms with E-state index in [4.69, 9.17) is 0 Å². The first-order chi connectivity index (χ1) is 27.0. The van der Waals surface area contributed by atoms with E-state index < -0.39 is 0 Å². The summed E-state index contributed by atoms with van der Waals surface area (Å²) in [5, 5.41) is 4.98. The van der Waals surface area contributed by atoms with Crippen molar-refractivity contribution in [1.82, 2.24) is 0 Å². The van der Waals surface area contributed by atoms with E-state index in [0.717, 1.165) is 30.6 Å². The molecule has 2 nitrogen and oxygen atoms in total. The van der Waals surface area contributed by atoms with Crippen molar-refractivity contribution in [3.05, 3.63) is 228 Å². The van der Waals surface area contributed by atoms with Crippen LogP contribution in [0.2, 0.25) is 0 Å². The average molecular weight is 711 g/mol. The zero-order chi connectivity index (χ0) is 37.2. The molecule has 2 heteroatoms. The molecular formula is C53H46N2. The summed E-state index contributed by atoms with van der Waals surface area (Å²) in [7, 11) is 0.